The summed E-state index contributed by atoms with van der Waals surface area (Å²) >= 11 is 0. The molecule has 0 bridgehead atoms. The maximum absolute atomic E-state index is 12.7. The molecule has 0 saturated heterocycles. The number of para-hydroxylation sites is 1. The van der Waals surface area contributed by atoms with E-state index in [2.05, 4.69) is 30.1 Å². The maximum Gasteiger partial charge on any atom is 0.257 e. The Morgan fingerprint density at radius 2 is 2.04 bits per heavy atom. The summed E-state index contributed by atoms with van der Waals surface area (Å²) in [5.41, 5.74) is 5.11. The van der Waals surface area contributed by atoms with Gasteiger partial charge < -0.3 is 15.0 Å². The molecule has 0 radical (unpaired) electrons. The molecular formula is C19H18N2O2. The minimum atomic E-state index is -0.115. The van der Waals surface area contributed by atoms with Gasteiger partial charge in [-0.1, -0.05) is 23.8 Å². The number of carbonyl (C=O) groups is 1. The molecular weight excluding hydrogens is 288 g/mol. The van der Waals surface area contributed by atoms with E-state index >= 15 is 0 Å². The van der Waals surface area contributed by atoms with Crippen molar-refractivity contribution < 1.29 is 9.90 Å². The van der Waals surface area contributed by atoms with E-state index in [0.717, 1.165) is 11.9 Å². The number of aromatic amines is 1. The first-order chi connectivity index (χ1) is 11.1. The average Bonchev–Trinajstić information content (AvgIpc) is 2.92. The lowest BCUT2D eigenvalue weighted by atomic mass is 10.0. The van der Waals surface area contributed by atoms with Gasteiger partial charge in [0, 0.05) is 41.7 Å². The molecule has 2 aromatic carbocycles. The van der Waals surface area contributed by atoms with Crippen molar-refractivity contribution in [1.82, 2.24) is 9.88 Å². The van der Waals surface area contributed by atoms with Crippen LogP contribution >= 0.6 is 0 Å². The Hall–Kier alpha value is -2.75. The van der Waals surface area contributed by atoms with E-state index in [1.165, 1.54) is 22.2 Å². The SMILES string of the molecule is Cc1ccc2[nH]c3c(c2c1)CN(C(=O)c1ccccc1O)CC3. The number of hydrogen-bond acceptors (Lipinski definition) is 2. The van der Waals surface area contributed by atoms with Crippen LogP contribution in [0.15, 0.2) is 42.5 Å². The van der Waals surface area contributed by atoms with Gasteiger partial charge in [-0.2, -0.15) is 0 Å². The van der Waals surface area contributed by atoms with Crippen LogP contribution in [0.25, 0.3) is 10.9 Å². The van der Waals surface area contributed by atoms with E-state index in [4.69, 9.17) is 0 Å². The topological polar surface area (TPSA) is 56.3 Å². The van der Waals surface area contributed by atoms with Gasteiger partial charge in [-0.25, -0.2) is 0 Å². The number of rotatable bonds is 1. The van der Waals surface area contributed by atoms with Gasteiger partial charge in [-0.05, 0) is 31.2 Å². The molecule has 4 nitrogen and oxygen atoms in total. The highest BCUT2D eigenvalue weighted by Crippen LogP contribution is 2.30. The smallest absolute Gasteiger partial charge is 0.257 e. The predicted molar refractivity (Wildman–Crippen MR) is 89.6 cm³/mol. The molecule has 23 heavy (non-hydrogen) atoms. The third-order valence-corrected chi connectivity index (χ3v) is 4.55. The van der Waals surface area contributed by atoms with Crippen molar-refractivity contribution in [2.45, 2.75) is 19.9 Å². The van der Waals surface area contributed by atoms with Gasteiger partial charge in [-0.3, -0.25) is 4.79 Å². The second-order valence-electron chi connectivity index (χ2n) is 6.13. The van der Waals surface area contributed by atoms with E-state index in [0.29, 0.717) is 18.7 Å². The minimum Gasteiger partial charge on any atom is -0.507 e. The lowest BCUT2D eigenvalue weighted by molar-refractivity contribution is 0.0732. The number of phenols is 1. The lowest BCUT2D eigenvalue weighted by Crippen LogP contribution is -2.35. The molecule has 4 heteroatoms. The van der Waals surface area contributed by atoms with Crippen LogP contribution in [0.2, 0.25) is 0 Å². The molecule has 0 aliphatic carbocycles. The zero-order valence-electron chi connectivity index (χ0n) is 13.0. The molecule has 2 heterocycles. The normalized spacial score (nSPS) is 14.0. The van der Waals surface area contributed by atoms with Crippen LogP contribution in [0, 0.1) is 6.92 Å². The van der Waals surface area contributed by atoms with Crippen LogP contribution in [0.1, 0.15) is 27.2 Å². The second kappa shape index (κ2) is 5.16. The molecule has 0 atom stereocenters. The molecule has 0 fully saturated rings. The number of phenolic OH excluding ortho intramolecular Hbond substituents is 1. The number of aryl methyl sites for hydroxylation is 1. The van der Waals surface area contributed by atoms with Crippen LogP contribution in [0.4, 0.5) is 0 Å². The minimum absolute atomic E-state index is 0.0399. The first-order valence-electron chi connectivity index (χ1n) is 7.81. The van der Waals surface area contributed by atoms with Crippen molar-refractivity contribution in [3.05, 3.63) is 64.8 Å². The van der Waals surface area contributed by atoms with Gasteiger partial charge >= 0.3 is 0 Å². The van der Waals surface area contributed by atoms with E-state index in [9.17, 15) is 9.90 Å². The Morgan fingerprint density at radius 3 is 2.87 bits per heavy atom. The van der Waals surface area contributed by atoms with Crippen molar-refractivity contribution in [2.75, 3.05) is 6.54 Å². The number of aromatic hydroxyl groups is 1. The van der Waals surface area contributed by atoms with Crippen LogP contribution in [0.5, 0.6) is 5.75 Å². The zero-order chi connectivity index (χ0) is 16.0. The zero-order valence-corrected chi connectivity index (χ0v) is 13.0. The van der Waals surface area contributed by atoms with Gasteiger partial charge in [0.2, 0.25) is 0 Å². The number of fused-ring (bicyclic) bond motifs is 3. The van der Waals surface area contributed by atoms with Crippen molar-refractivity contribution in [1.29, 1.82) is 0 Å². The van der Waals surface area contributed by atoms with Gasteiger partial charge in [0.25, 0.3) is 5.91 Å². The largest absolute Gasteiger partial charge is 0.507 e. The summed E-state index contributed by atoms with van der Waals surface area (Å²) in [6, 6.07) is 13.1. The Labute approximate surface area is 134 Å². The number of amides is 1. The van der Waals surface area contributed by atoms with Gasteiger partial charge in [0.15, 0.2) is 0 Å². The second-order valence-corrected chi connectivity index (χ2v) is 6.13. The monoisotopic (exact) mass is 306 g/mol. The lowest BCUT2D eigenvalue weighted by Gasteiger charge is -2.27. The van der Waals surface area contributed by atoms with Gasteiger partial charge in [0.05, 0.1) is 5.56 Å². The average molecular weight is 306 g/mol. The molecule has 1 aliphatic rings. The Kier molecular flexibility index (Phi) is 3.11. The Balaban J connectivity index is 1.71. The fourth-order valence-electron chi connectivity index (χ4n) is 3.33. The molecule has 1 aliphatic heterocycles. The summed E-state index contributed by atoms with van der Waals surface area (Å²) in [6.45, 7) is 3.31. The Morgan fingerprint density at radius 1 is 1.22 bits per heavy atom. The van der Waals surface area contributed by atoms with Crippen molar-refractivity contribution in [3.8, 4) is 5.75 Å². The number of nitrogens with zero attached hydrogens (tertiary/aromatic N) is 1. The summed E-state index contributed by atoms with van der Waals surface area (Å²) in [4.78, 5) is 18.0. The number of nitrogens with one attached hydrogen (secondary N) is 1. The van der Waals surface area contributed by atoms with Gasteiger partial charge in [-0.15, -0.1) is 0 Å². The van der Waals surface area contributed by atoms with E-state index in [-0.39, 0.29) is 11.7 Å². The van der Waals surface area contributed by atoms with E-state index in [1.54, 1.807) is 24.3 Å². The summed E-state index contributed by atoms with van der Waals surface area (Å²) in [6.07, 6.45) is 0.808. The summed E-state index contributed by atoms with van der Waals surface area (Å²) in [7, 11) is 0. The first kappa shape index (κ1) is 13.9. The predicted octanol–water partition coefficient (Wildman–Crippen LogP) is 3.38. The standard InChI is InChI=1S/C19H18N2O2/c1-12-6-7-16-14(10-12)15-11-21(9-8-17(15)20-16)19(23)13-4-2-3-5-18(13)22/h2-7,10,20,22H,8-9,11H2,1H3. The molecule has 0 saturated carbocycles. The van der Waals surface area contributed by atoms with Crippen molar-refractivity contribution in [3.63, 3.8) is 0 Å². The van der Waals surface area contributed by atoms with Crippen LogP contribution in [0.3, 0.4) is 0 Å². The third-order valence-electron chi connectivity index (χ3n) is 4.55. The van der Waals surface area contributed by atoms with Crippen molar-refractivity contribution in [2.24, 2.45) is 0 Å². The first-order valence-corrected chi connectivity index (χ1v) is 7.81. The summed E-state index contributed by atoms with van der Waals surface area (Å²) < 4.78 is 0. The maximum atomic E-state index is 12.7. The Bertz CT molecular complexity index is 911. The molecule has 116 valence electrons. The van der Waals surface area contributed by atoms with Crippen LogP contribution < -0.4 is 0 Å². The van der Waals surface area contributed by atoms with Crippen molar-refractivity contribution >= 4 is 16.8 Å². The molecule has 0 spiro atoms. The van der Waals surface area contributed by atoms with Crippen LogP contribution in [-0.4, -0.2) is 27.4 Å². The fraction of sp³-hybridized carbons (Fsp3) is 0.211. The van der Waals surface area contributed by atoms with Crippen LogP contribution in [-0.2, 0) is 13.0 Å². The number of carbonyl (C=O) groups excluding carboxylic acids is 1. The fourth-order valence-corrected chi connectivity index (χ4v) is 3.33. The molecule has 2 N–H and O–H groups in total. The number of H-pyrrole nitrogens is 1. The highest BCUT2D eigenvalue weighted by Gasteiger charge is 2.26. The third kappa shape index (κ3) is 2.27. The molecule has 3 aromatic rings. The summed E-state index contributed by atoms with van der Waals surface area (Å²) in [5, 5.41) is 11.1. The summed E-state index contributed by atoms with van der Waals surface area (Å²) in [5.74, 6) is -0.0752. The number of benzene rings is 2. The quantitative estimate of drug-likeness (QED) is 0.724. The highest BCUT2D eigenvalue weighted by atomic mass is 16.3. The van der Waals surface area contributed by atoms with E-state index < -0.39 is 0 Å². The highest BCUT2D eigenvalue weighted by molar-refractivity contribution is 5.97. The number of aromatic nitrogens is 1. The molecule has 1 amide bonds. The molecule has 4 rings (SSSR count). The molecule has 0 unspecified atom stereocenters. The number of hydrogen-bond donors (Lipinski definition) is 2. The molecule has 1 aromatic heterocycles. The van der Waals surface area contributed by atoms with E-state index in [1.807, 2.05) is 4.90 Å². The van der Waals surface area contributed by atoms with Gasteiger partial charge in [0.1, 0.15) is 5.75 Å².